The first-order valence-electron chi connectivity index (χ1n) is 13.6. The lowest BCUT2D eigenvalue weighted by Crippen LogP contribution is -2.37. The van der Waals surface area contributed by atoms with Crippen molar-refractivity contribution in [2.45, 2.75) is 83.2 Å². The predicted octanol–water partition coefficient (Wildman–Crippen LogP) is 5.60. The van der Waals surface area contributed by atoms with Crippen LogP contribution in [0.1, 0.15) is 76.2 Å². The molecule has 1 heterocycles. The number of carbonyl (C=O) groups is 1. The molecular weight excluding hydrogens is 464 g/mol. The number of hydrogen-bond acceptors (Lipinski definition) is 5. The summed E-state index contributed by atoms with van der Waals surface area (Å²) < 4.78 is 0. The molecule has 1 saturated carbocycles. The number of pyridine rings is 1. The largest absolute Gasteiger partial charge is 0.325 e. The molecule has 0 aliphatic heterocycles. The van der Waals surface area contributed by atoms with Crippen LogP contribution in [0, 0.1) is 11.5 Å². The Bertz CT molecular complexity index is 971. The fourth-order valence-corrected chi connectivity index (χ4v) is 4.45. The Labute approximate surface area is 221 Å². The standard InChI is InChI=1S/C29H40N6O2/c30-24-33-29(34-26-18-21-31-22-19-26)32-20-10-2-1-9-17-28(36)35(37-27-15-7-4-8-16-27)23-11-14-25-12-5-3-6-13-25/h3,5-6,12-13,18-19,21-22,27H,1-2,4,7-11,14-17,20,23H2,(H2,31,32,33,34). The number of rotatable bonds is 14. The van der Waals surface area contributed by atoms with Crippen molar-refractivity contribution in [3.05, 3.63) is 60.4 Å². The van der Waals surface area contributed by atoms with E-state index >= 15 is 0 Å². The van der Waals surface area contributed by atoms with Crippen LogP contribution < -0.4 is 10.6 Å². The Hall–Kier alpha value is -3.44. The van der Waals surface area contributed by atoms with E-state index in [1.54, 1.807) is 17.5 Å². The maximum atomic E-state index is 13.0. The fraction of sp³-hybridized carbons (Fsp3) is 0.517. The minimum Gasteiger partial charge on any atom is -0.325 e. The van der Waals surface area contributed by atoms with Gasteiger partial charge in [-0.3, -0.25) is 24.9 Å². The summed E-state index contributed by atoms with van der Waals surface area (Å²) in [7, 11) is 0. The number of nitrogens with zero attached hydrogens (tertiary/aromatic N) is 4. The Balaban J connectivity index is 1.37. The average molecular weight is 505 g/mol. The number of anilines is 1. The van der Waals surface area contributed by atoms with Crippen LogP contribution in [0.3, 0.4) is 0 Å². The van der Waals surface area contributed by atoms with Crippen molar-refractivity contribution < 1.29 is 9.63 Å². The third-order valence-electron chi connectivity index (χ3n) is 6.46. The highest BCUT2D eigenvalue weighted by Gasteiger charge is 2.21. The Morgan fingerprint density at radius 2 is 1.78 bits per heavy atom. The van der Waals surface area contributed by atoms with Gasteiger partial charge in [0.15, 0.2) is 6.19 Å². The van der Waals surface area contributed by atoms with Gasteiger partial charge in [-0.25, -0.2) is 5.06 Å². The number of nitrogens with one attached hydrogen (secondary N) is 2. The lowest BCUT2D eigenvalue weighted by atomic mass is 9.98. The topological polar surface area (TPSA) is 103 Å². The van der Waals surface area contributed by atoms with E-state index in [1.165, 1.54) is 24.8 Å². The summed E-state index contributed by atoms with van der Waals surface area (Å²) in [4.78, 5) is 27.6. The van der Waals surface area contributed by atoms with Gasteiger partial charge in [0.25, 0.3) is 0 Å². The third kappa shape index (κ3) is 11.4. The van der Waals surface area contributed by atoms with E-state index in [0.717, 1.165) is 57.1 Å². The highest BCUT2D eigenvalue weighted by molar-refractivity contribution is 5.94. The van der Waals surface area contributed by atoms with Gasteiger partial charge in [0.1, 0.15) is 0 Å². The number of guanidine groups is 1. The zero-order valence-corrected chi connectivity index (χ0v) is 21.8. The van der Waals surface area contributed by atoms with Crippen LogP contribution in [0.2, 0.25) is 0 Å². The maximum absolute atomic E-state index is 13.0. The van der Waals surface area contributed by atoms with Crippen molar-refractivity contribution in [2.75, 3.05) is 18.4 Å². The van der Waals surface area contributed by atoms with Gasteiger partial charge in [0.05, 0.1) is 6.10 Å². The number of nitriles is 1. The molecule has 198 valence electrons. The van der Waals surface area contributed by atoms with Gasteiger partial charge >= 0.3 is 0 Å². The fourth-order valence-electron chi connectivity index (χ4n) is 4.45. The first kappa shape index (κ1) is 28.1. The Morgan fingerprint density at radius 1 is 1.03 bits per heavy atom. The summed E-state index contributed by atoms with van der Waals surface area (Å²) in [5.74, 6) is 0.522. The number of carbonyl (C=O) groups excluding carboxylic acids is 1. The molecule has 1 aromatic carbocycles. The monoisotopic (exact) mass is 504 g/mol. The van der Waals surface area contributed by atoms with Gasteiger partial charge in [0, 0.05) is 37.6 Å². The number of aliphatic imine (C=N–C) groups is 1. The van der Waals surface area contributed by atoms with Crippen molar-refractivity contribution in [1.82, 2.24) is 15.4 Å². The van der Waals surface area contributed by atoms with Crippen molar-refractivity contribution in [1.29, 1.82) is 5.26 Å². The molecule has 0 saturated heterocycles. The van der Waals surface area contributed by atoms with E-state index < -0.39 is 0 Å². The second-order valence-corrected chi connectivity index (χ2v) is 9.44. The SMILES string of the molecule is N#CNC(=NCCCCCCC(=O)N(CCCc1ccccc1)OC1CCCCC1)Nc1ccncc1. The van der Waals surface area contributed by atoms with E-state index in [2.05, 4.69) is 44.9 Å². The predicted molar refractivity (Wildman–Crippen MR) is 146 cm³/mol. The van der Waals surface area contributed by atoms with E-state index in [4.69, 9.17) is 10.1 Å². The molecule has 1 aliphatic rings. The van der Waals surface area contributed by atoms with Crippen molar-refractivity contribution in [3.63, 3.8) is 0 Å². The number of aryl methyl sites for hydroxylation is 1. The van der Waals surface area contributed by atoms with Crippen LogP contribution in [-0.2, 0) is 16.1 Å². The number of hydroxylamine groups is 2. The normalized spacial score (nSPS) is 14.1. The molecule has 1 aliphatic carbocycles. The molecule has 2 N–H and O–H groups in total. The van der Waals surface area contributed by atoms with E-state index in [9.17, 15) is 4.79 Å². The van der Waals surface area contributed by atoms with Crippen LogP contribution >= 0.6 is 0 Å². The lowest BCUT2D eigenvalue weighted by Gasteiger charge is -2.29. The molecule has 0 bridgehead atoms. The molecule has 37 heavy (non-hydrogen) atoms. The third-order valence-corrected chi connectivity index (χ3v) is 6.46. The molecular formula is C29H40N6O2. The van der Waals surface area contributed by atoms with Crippen LogP contribution in [0.25, 0.3) is 0 Å². The number of unbranched alkanes of at least 4 members (excludes halogenated alkanes) is 3. The van der Waals surface area contributed by atoms with Gasteiger partial charge < -0.3 is 5.32 Å². The molecule has 1 amide bonds. The van der Waals surface area contributed by atoms with Crippen LogP contribution in [0.4, 0.5) is 5.69 Å². The molecule has 0 radical (unpaired) electrons. The van der Waals surface area contributed by atoms with Crippen molar-refractivity contribution in [3.8, 4) is 6.19 Å². The average Bonchev–Trinajstić information content (AvgIpc) is 2.93. The molecule has 0 unspecified atom stereocenters. The van der Waals surface area contributed by atoms with Crippen molar-refractivity contribution >= 4 is 17.6 Å². The minimum atomic E-state index is 0.0960. The quantitative estimate of drug-likeness (QED) is 0.0867. The van der Waals surface area contributed by atoms with Crippen LogP contribution in [0.5, 0.6) is 0 Å². The molecule has 1 fully saturated rings. The number of amides is 1. The molecule has 2 aromatic rings. The highest BCUT2D eigenvalue weighted by atomic mass is 16.7. The zero-order chi connectivity index (χ0) is 26.0. The summed E-state index contributed by atoms with van der Waals surface area (Å²) in [6, 6.07) is 14.0. The summed E-state index contributed by atoms with van der Waals surface area (Å²) in [5, 5.41) is 16.3. The maximum Gasteiger partial charge on any atom is 0.246 e. The van der Waals surface area contributed by atoms with Crippen LogP contribution in [-0.4, -0.2) is 41.1 Å². The first-order valence-corrected chi connectivity index (χ1v) is 13.6. The van der Waals surface area contributed by atoms with Gasteiger partial charge in [-0.05, 0) is 56.2 Å². The summed E-state index contributed by atoms with van der Waals surface area (Å²) in [6.45, 7) is 1.24. The van der Waals surface area contributed by atoms with Gasteiger partial charge in [0.2, 0.25) is 11.9 Å². The van der Waals surface area contributed by atoms with Gasteiger partial charge in [-0.2, -0.15) is 5.26 Å². The molecule has 3 rings (SSSR count). The smallest absolute Gasteiger partial charge is 0.246 e. The second kappa shape index (κ2) is 17.1. The van der Waals surface area contributed by atoms with E-state index in [-0.39, 0.29) is 12.0 Å². The summed E-state index contributed by atoms with van der Waals surface area (Å²) >= 11 is 0. The molecule has 8 nitrogen and oxygen atoms in total. The van der Waals surface area contributed by atoms with Crippen LogP contribution in [0.15, 0.2) is 59.9 Å². The highest BCUT2D eigenvalue weighted by Crippen LogP contribution is 2.22. The summed E-state index contributed by atoms with van der Waals surface area (Å²) in [5.41, 5.74) is 2.11. The Kier molecular flexibility index (Phi) is 13.0. The molecule has 0 spiro atoms. The minimum absolute atomic E-state index is 0.0960. The Morgan fingerprint density at radius 3 is 2.54 bits per heavy atom. The molecule has 0 atom stereocenters. The zero-order valence-electron chi connectivity index (χ0n) is 21.8. The van der Waals surface area contributed by atoms with Crippen molar-refractivity contribution in [2.24, 2.45) is 4.99 Å². The lowest BCUT2D eigenvalue weighted by molar-refractivity contribution is -0.211. The number of benzene rings is 1. The van der Waals surface area contributed by atoms with E-state index in [0.29, 0.717) is 25.5 Å². The van der Waals surface area contributed by atoms with E-state index in [1.807, 2.05) is 24.4 Å². The number of hydrogen-bond donors (Lipinski definition) is 2. The molecule has 1 aromatic heterocycles. The van der Waals surface area contributed by atoms with Gasteiger partial charge in [-0.15, -0.1) is 0 Å². The first-order chi connectivity index (χ1) is 18.2. The molecule has 8 heteroatoms. The number of aromatic nitrogens is 1. The van der Waals surface area contributed by atoms with Gasteiger partial charge in [-0.1, -0.05) is 62.4 Å². The summed E-state index contributed by atoms with van der Waals surface area (Å²) in [6.07, 6.45) is 17.2. The second-order valence-electron chi connectivity index (χ2n) is 9.44.